The van der Waals surface area contributed by atoms with E-state index in [0.717, 1.165) is 0 Å². The fourth-order valence-corrected chi connectivity index (χ4v) is 2.10. The Labute approximate surface area is 105 Å². The van der Waals surface area contributed by atoms with Crippen molar-refractivity contribution in [3.8, 4) is 6.07 Å². The summed E-state index contributed by atoms with van der Waals surface area (Å²) in [6.45, 7) is 4.99. The fourth-order valence-electron chi connectivity index (χ4n) is 2.10. The lowest BCUT2D eigenvalue weighted by atomic mass is 10.1. The van der Waals surface area contributed by atoms with Crippen molar-refractivity contribution in [2.24, 2.45) is 0 Å². The van der Waals surface area contributed by atoms with Crippen LogP contribution in [0.25, 0.3) is 0 Å². The predicted molar refractivity (Wildman–Crippen MR) is 59.0 cm³/mol. The lowest BCUT2D eigenvalue weighted by molar-refractivity contribution is -0.172. The molecule has 0 aromatic heterocycles. The average Bonchev–Trinajstić information content (AvgIpc) is 2.71. The summed E-state index contributed by atoms with van der Waals surface area (Å²) in [6.07, 6.45) is 0.0651. The molecule has 2 heterocycles. The maximum absolute atomic E-state index is 10.8. The van der Waals surface area contributed by atoms with Crippen molar-refractivity contribution in [3.05, 3.63) is 11.8 Å². The van der Waals surface area contributed by atoms with E-state index in [9.17, 15) is 4.79 Å². The van der Waals surface area contributed by atoms with Gasteiger partial charge >= 0.3 is 5.97 Å². The highest BCUT2D eigenvalue weighted by Gasteiger charge is 2.53. The van der Waals surface area contributed by atoms with Crippen molar-refractivity contribution in [2.45, 2.75) is 44.9 Å². The minimum Gasteiger partial charge on any atom is -0.485 e. The first kappa shape index (κ1) is 12.9. The number of nitriles is 1. The zero-order valence-electron chi connectivity index (χ0n) is 10.5. The van der Waals surface area contributed by atoms with Gasteiger partial charge in [0.2, 0.25) is 0 Å². The van der Waals surface area contributed by atoms with E-state index in [4.69, 9.17) is 24.2 Å². The van der Waals surface area contributed by atoms with Crippen molar-refractivity contribution in [1.82, 2.24) is 0 Å². The highest BCUT2D eigenvalue weighted by molar-refractivity contribution is 5.65. The monoisotopic (exact) mass is 253 g/mol. The van der Waals surface area contributed by atoms with E-state index in [1.807, 2.05) is 6.07 Å². The van der Waals surface area contributed by atoms with Gasteiger partial charge in [0.1, 0.15) is 24.6 Å². The molecule has 0 spiro atoms. The fraction of sp³-hybridized carbons (Fsp3) is 0.667. The molecule has 0 saturated carbocycles. The van der Waals surface area contributed by atoms with Crippen LogP contribution < -0.4 is 0 Å². The van der Waals surface area contributed by atoms with Crippen LogP contribution in [-0.2, 0) is 23.7 Å². The maximum Gasteiger partial charge on any atom is 0.302 e. The Morgan fingerprint density at radius 3 is 2.89 bits per heavy atom. The first-order valence-electron chi connectivity index (χ1n) is 5.68. The van der Waals surface area contributed by atoms with Gasteiger partial charge in [-0.05, 0) is 13.8 Å². The lowest BCUT2D eigenvalue weighted by Gasteiger charge is -2.22. The highest BCUT2D eigenvalue weighted by Crippen LogP contribution is 2.40. The van der Waals surface area contributed by atoms with Gasteiger partial charge in [-0.3, -0.25) is 4.79 Å². The summed E-state index contributed by atoms with van der Waals surface area (Å²) in [6, 6.07) is 1.90. The van der Waals surface area contributed by atoms with Crippen molar-refractivity contribution >= 4 is 5.97 Å². The lowest BCUT2D eigenvalue weighted by Crippen LogP contribution is -2.33. The van der Waals surface area contributed by atoms with Gasteiger partial charge in [0.25, 0.3) is 0 Å². The van der Waals surface area contributed by atoms with Gasteiger partial charge in [0, 0.05) is 6.92 Å². The van der Waals surface area contributed by atoms with Gasteiger partial charge in [-0.1, -0.05) is 0 Å². The molecule has 0 unspecified atom stereocenters. The Balaban J connectivity index is 2.12. The highest BCUT2D eigenvalue weighted by atomic mass is 16.8. The predicted octanol–water partition coefficient (Wildman–Crippen LogP) is 0.876. The Hall–Kier alpha value is -1.58. The Bertz CT molecular complexity index is 423. The van der Waals surface area contributed by atoms with Crippen molar-refractivity contribution < 1.29 is 23.7 Å². The van der Waals surface area contributed by atoms with Gasteiger partial charge in [0.15, 0.2) is 11.9 Å². The van der Waals surface area contributed by atoms with Crippen LogP contribution in [-0.4, -0.2) is 36.7 Å². The van der Waals surface area contributed by atoms with Crippen molar-refractivity contribution in [1.29, 1.82) is 5.26 Å². The molecule has 18 heavy (non-hydrogen) atoms. The first-order valence-corrected chi connectivity index (χ1v) is 5.68. The molecule has 2 fully saturated rings. The van der Waals surface area contributed by atoms with Crippen LogP contribution >= 0.6 is 0 Å². The second kappa shape index (κ2) is 4.59. The van der Waals surface area contributed by atoms with Gasteiger partial charge in [-0.2, -0.15) is 5.26 Å². The molecule has 0 N–H and O–H groups in total. The molecule has 2 aliphatic heterocycles. The molecule has 0 bridgehead atoms. The number of ether oxygens (including phenoxy) is 4. The van der Waals surface area contributed by atoms with Gasteiger partial charge in [0.05, 0.1) is 12.1 Å². The number of carbonyl (C=O) groups is 1. The van der Waals surface area contributed by atoms with Crippen LogP contribution in [0.5, 0.6) is 0 Å². The molecule has 0 radical (unpaired) electrons. The molecule has 2 aliphatic rings. The van der Waals surface area contributed by atoms with Gasteiger partial charge < -0.3 is 18.9 Å². The van der Waals surface area contributed by atoms with E-state index in [0.29, 0.717) is 5.76 Å². The van der Waals surface area contributed by atoms with Crippen LogP contribution in [0.1, 0.15) is 20.8 Å². The smallest absolute Gasteiger partial charge is 0.302 e. The van der Waals surface area contributed by atoms with E-state index in [1.54, 1.807) is 13.8 Å². The van der Waals surface area contributed by atoms with Crippen LogP contribution in [0.15, 0.2) is 11.8 Å². The summed E-state index contributed by atoms with van der Waals surface area (Å²) in [5, 5.41) is 8.69. The third-order valence-electron chi connectivity index (χ3n) is 2.72. The molecule has 2 rings (SSSR count). The topological polar surface area (TPSA) is 77.8 Å². The molecule has 3 atom stereocenters. The third-order valence-corrected chi connectivity index (χ3v) is 2.72. The molecule has 0 aromatic rings. The molecule has 0 aromatic carbocycles. The van der Waals surface area contributed by atoms with E-state index in [-0.39, 0.29) is 18.7 Å². The Morgan fingerprint density at radius 1 is 1.56 bits per heavy atom. The van der Waals surface area contributed by atoms with E-state index >= 15 is 0 Å². The molecule has 2 saturated heterocycles. The number of hydrogen-bond acceptors (Lipinski definition) is 6. The first-order chi connectivity index (χ1) is 8.43. The van der Waals surface area contributed by atoms with Crippen LogP contribution in [0, 0.1) is 11.3 Å². The summed E-state index contributed by atoms with van der Waals surface area (Å²) >= 11 is 0. The van der Waals surface area contributed by atoms with Crippen molar-refractivity contribution in [3.63, 3.8) is 0 Å². The normalized spacial score (nSPS) is 34.8. The minimum atomic E-state index is -0.734. The zero-order chi connectivity index (χ0) is 13.3. The molecule has 0 aliphatic carbocycles. The van der Waals surface area contributed by atoms with Gasteiger partial charge in [-0.25, -0.2) is 0 Å². The van der Waals surface area contributed by atoms with Gasteiger partial charge in [-0.15, -0.1) is 0 Å². The molecular weight excluding hydrogens is 238 g/mol. The summed E-state index contributed by atoms with van der Waals surface area (Å²) < 4.78 is 21.8. The number of nitrogens with zero attached hydrogens (tertiary/aromatic N) is 1. The average molecular weight is 253 g/mol. The SMILES string of the molecule is CC(=O)OC[C@H]1O/C(=C\C#N)[C@@H]2OC(C)(C)O[C@H]12. The zero-order valence-corrected chi connectivity index (χ0v) is 10.5. The van der Waals surface area contributed by atoms with E-state index in [1.165, 1.54) is 13.0 Å². The second-order valence-corrected chi connectivity index (χ2v) is 4.66. The molecule has 0 amide bonds. The molecule has 6 nitrogen and oxygen atoms in total. The molecule has 98 valence electrons. The molecular formula is C12H15NO5. The number of hydrogen-bond donors (Lipinski definition) is 0. The van der Waals surface area contributed by atoms with Crippen molar-refractivity contribution in [2.75, 3.05) is 6.61 Å². The Kier molecular flexibility index (Phi) is 3.28. The van der Waals surface area contributed by atoms with Crippen LogP contribution in [0.4, 0.5) is 0 Å². The minimum absolute atomic E-state index is 0.0821. The summed E-state index contributed by atoms with van der Waals surface area (Å²) in [4.78, 5) is 10.8. The van der Waals surface area contributed by atoms with E-state index in [2.05, 4.69) is 0 Å². The van der Waals surface area contributed by atoms with E-state index < -0.39 is 18.0 Å². The number of fused-ring (bicyclic) bond motifs is 1. The summed E-state index contributed by atoms with van der Waals surface area (Å²) in [5.41, 5.74) is 0. The number of carbonyl (C=O) groups excluding carboxylic acids is 1. The second-order valence-electron chi connectivity index (χ2n) is 4.66. The number of esters is 1. The Morgan fingerprint density at radius 2 is 2.28 bits per heavy atom. The third kappa shape index (κ3) is 2.47. The standard InChI is InChI=1S/C12H15NO5/c1-7(14)15-6-9-11-10(8(16-9)4-5-13)17-12(2,3)18-11/h4,9-11H,6H2,1-3H3/b8-4-/t9-,10+,11-/m1/s1. The number of allylic oxidation sites excluding steroid dienone is 1. The van der Waals surface area contributed by atoms with Crippen LogP contribution in [0.2, 0.25) is 0 Å². The summed E-state index contributed by atoms with van der Waals surface area (Å²) in [7, 11) is 0. The summed E-state index contributed by atoms with van der Waals surface area (Å²) in [5.74, 6) is -0.696. The number of rotatable bonds is 2. The van der Waals surface area contributed by atoms with Crippen LogP contribution in [0.3, 0.4) is 0 Å². The molecule has 6 heteroatoms. The largest absolute Gasteiger partial charge is 0.485 e. The maximum atomic E-state index is 10.8. The quantitative estimate of drug-likeness (QED) is 0.537.